The lowest BCUT2D eigenvalue weighted by Gasteiger charge is -2.07. The highest BCUT2D eigenvalue weighted by atomic mass is 32.1. The number of carbonyl (C=O) groups is 1. The number of nitrogens with one attached hydrogen (secondary N) is 1. The van der Waals surface area contributed by atoms with Crippen molar-refractivity contribution in [3.05, 3.63) is 51.3 Å². The van der Waals surface area contributed by atoms with Gasteiger partial charge in [-0.15, -0.1) is 22.7 Å². The van der Waals surface area contributed by atoms with Gasteiger partial charge in [0, 0.05) is 28.8 Å². The zero-order chi connectivity index (χ0) is 19.5. The first-order chi connectivity index (χ1) is 13.6. The number of fused-ring (bicyclic) bond motifs is 1. The molecule has 4 aromatic heterocycles. The maximum Gasteiger partial charge on any atom is 0.263 e. The summed E-state index contributed by atoms with van der Waals surface area (Å²) in [5.74, 6) is 0.908. The van der Waals surface area contributed by atoms with E-state index in [-0.39, 0.29) is 18.0 Å². The Kier molecular flexibility index (Phi) is 5.31. The normalized spacial score (nSPS) is 11.2. The van der Waals surface area contributed by atoms with Crippen LogP contribution in [-0.4, -0.2) is 32.1 Å². The highest BCUT2D eigenvalue weighted by Crippen LogP contribution is 2.33. The van der Waals surface area contributed by atoms with Crippen LogP contribution in [0.15, 0.2) is 38.5 Å². The van der Waals surface area contributed by atoms with Crippen LogP contribution in [0.25, 0.3) is 20.7 Å². The van der Waals surface area contributed by atoms with E-state index in [1.807, 2.05) is 22.9 Å². The zero-order valence-electron chi connectivity index (χ0n) is 15.0. The molecule has 4 rings (SSSR count). The summed E-state index contributed by atoms with van der Waals surface area (Å²) in [7, 11) is 0. The Morgan fingerprint density at radius 3 is 3.00 bits per heavy atom. The van der Waals surface area contributed by atoms with E-state index in [1.165, 1.54) is 22.2 Å². The van der Waals surface area contributed by atoms with Crippen LogP contribution >= 0.6 is 22.7 Å². The van der Waals surface area contributed by atoms with Crippen molar-refractivity contribution in [2.24, 2.45) is 0 Å². The predicted octanol–water partition coefficient (Wildman–Crippen LogP) is 2.63. The van der Waals surface area contributed by atoms with Crippen LogP contribution in [-0.2, 0) is 17.8 Å². The number of hydrogen-bond acceptors (Lipinski definition) is 8. The second-order valence-corrected chi connectivity index (χ2v) is 7.98. The number of aryl methyl sites for hydroxylation is 2. The molecule has 0 aliphatic heterocycles. The van der Waals surface area contributed by atoms with Crippen molar-refractivity contribution in [1.29, 1.82) is 0 Å². The summed E-state index contributed by atoms with van der Waals surface area (Å²) in [5.41, 5.74) is 0.670. The molecule has 0 saturated heterocycles. The Balaban J connectivity index is 1.41. The standard InChI is InChI=1S/C18H17N5O3S2/c1-11-21-15(26-22-11)5-2-6-19-14(24)8-23-10-20-17-16(18(23)25)12(9-28-17)13-4-3-7-27-13/h3-4,7,9-10H,2,5-6,8H2,1H3,(H,19,24). The number of hydrogen-bond donors (Lipinski definition) is 1. The quantitative estimate of drug-likeness (QED) is 0.466. The SMILES string of the molecule is Cc1noc(CCCNC(=O)Cn2cnc3scc(-c4cccs4)c3c2=O)n1. The van der Waals surface area contributed by atoms with E-state index in [2.05, 4.69) is 20.4 Å². The number of thiophene rings is 2. The minimum absolute atomic E-state index is 0.0683. The first-order valence-corrected chi connectivity index (χ1v) is 10.4. The van der Waals surface area contributed by atoms with Gasteiger partial charge < -0.3 is 9.84 Å². The van der Waals surface area contributed by atoms with Crippen LogP contribution in [0, 0.1) is 6.92 Å². The largest absolute Gasteiger partial charge is 0.355 e. The van der Waals surface area contributed by atoms with Crippen LogP contribution in [0.4, 0.5) is 0 Å². The lowest BCUT2D eigenvalue weighted by Crippen LogP contribution is -2.33. The summed E-state index contributed by atoms with van der Waals surface area (Å²) >= 11 is 3.00. The monoisotopic (exact) mass is 415 g/mol. The van der Waals surface area contributed by atoms with Gasteiger partial charge >= 0.3 is 0 Å². The summed E-state index contributed by atoms with van der Waals surface area (Å²) in [6, 6.07) is 3.92. The fourth-order valence-corrected chi connectivity index (χ4v) is 4.53. The minimum Gasteiger partial charge on any atom is -0.355 e. The number of nitrogens with zero attached hydrogens (tertiary/aromatic N) is 4. The molecule has 4 heterocycles. The molecule has 4 aromatic rings. The zero-order valence-corrected chi connectivity index (χ0v) is 16.7. The molecule has 0 aliphatic rings. The molecule has 0 radical (unpaired) electrons. The van der Waals surface area contributed by atoms with Gasteiger partial charge in [-0.1, -0.05) is 11.2 Å². The van der Waals surface area contributed by atoms with E-state index in [9.17, 15) is 9.59 Å². The van der Waals surface area contributed by atoms with Gasteiger partial charge in [-0.3, -0.25) is 14.2 Å². The third kappa shape index (κ3) is 3.87. The summed E-state index contributed by atoms with van der Waals surface area (Å²) < 4.78 is 6.38. The molecular formula is C18H17N5O3S2. The van der Waals surface area contributed by atoms with E-state index in [0.717, 1.165) is 10.4 Å². The molecule has 0 aliphatic carbocycles. The molecule has 8 nitrogen and oxygen atoms in total. The van der Waals surface area contributed by atoms with Gasteiger partial charge in [0.1, 0.15) is 11.4 Å². The molecule has 0 bridgehead atoms. The molecule has 28 heavy (non-hydrogen) atoms. The molecule has 0 aromatic carbocycles. The van der Waals surface area contributed by atoms with Crippen molar-refractivity contribution in [1.82, 2.24) is 25.0 Å². The molecule has 0 saturated carbocycles. The first-order valence-electron chi connectivity index (χ1n) is 8.68. The molecule has 144 valence electrons. The van der Waals surface area contributed by atoms with Crippen LogP contribution in [0.1, 0.15) is 18.1 Å². The summed E-state index contributed by atoms with van der Waals surface area (Å²) in [6.07, 6.45) is 2.69. The Morgan fingerprint density at radius 1 is 1.36 bits per heavy atom. The number of aromatic nitrogens is 4. The molecule has 0 spiro atoms. The third-order valence-electron chi connectivity index (χ3n) is 4.12. The molecule has 10 heteroatoms. The predicted molar refractivity (Wildman–Crippen MR) is 108 cm³/mol. The van der Waals surface area contributed by atoms with Gasteiger partial charge in [-0.25, -0.2) is 4.98 Å². The van der Waals surface area contributed by atoms with E-state index < -0.39 is 0 Å². The van der Waals surface area contributed by atoms with Crippen molar-refractivity contribution in [2.75, 3.05) is 6.54 Å². The molecule has 0 fully saturated rings. The second-order valence-electron chi connectivity index (χ2n) is 6.17. The molecular weight excluding hydrogens is 398 g/mol. The lowest BCUT2D eigenvalue weighted by atomic mass is 10.2. The molecule has 1 N–H and O–H groups in total. The van der Waals surface area contributed by atoms with Crippen LogP contribution < -0.4 is 10.9 Å². The molecule has 1 amide bonds. The molecule has 0 unspecified atom stereocenters. The van der Waals surface area contributed by atoms with E-state index >= 15 is 0 Å². The minimum atomic E-state index is -0.238. The van der Waals surface area contributed by atoms with Crippen LogP contribution in [0.5, 0.6) is 0 Å². The number of amides is 1. The van der Waals surface area contributed by atoms with Crippen LogP contribution in [0.3, 0.4) is 0 Å². The fourth-order valence-electron chi connectivity index (χ4n) is 2.81. The lowest BCUT2D eigenvalue weighted by molar-refractivity contribution is -0.121. The van der Waals surface area contributed by atoms with Gasteiger partial charge in [0.15, 0.2) is 5.82 Å². The smallest absolute Gasteiger partial charge is 0.263 e. The number of carbonyl (C=O) groups excluding carboxylic acids is 1. The van der Waals surface area contributed by atoms with Crippen molar-refractivity contribution in [2.45, 2.75) is 26.3 Å². The van der Waals surface area contributed by atoms with Crippen molar-refractivity contribution in [3.8, 4) is 10.4 Å². The fraction of sp³-hybridized carbons (Fsp3) is 0.278. The molecule has 0 atom stereocenters. The summed E-state index contributed by atoms with van der Waals surface area (Å²) in [6.45, 7) is 2.15. The summed E-state index contributed by atoms with van der Waals surface area (Å²) in [4.78, 5) is 35.3. The Bertz CT molecular complexity index is 1160. The van der Waals surface area contributed by atoms with Gasteiger partial charge in [0.2, 0.25) is 11.8 Å². The van der Waals surface area contributed by atoms with Gasteiger partial charge in [0.05, 0.1) is 11.7 Å². The second kappa shape index (κ2) is 8.03. The van der Waals surface area contributed by atoms with Crippen molar-refractivity contribution >= 4 is 38.8 Å². The Morgan fingerprint density at radius 2 is 2.25 bits per heavy atom. The van der Waals surface area contributed by atoms with E-state index in [4.69, 9.17) is 4.52 Å². The maximum absolute atomic E-state index is 12.9. The van der Waals surface area contributed by atoms with Crippen LogP contribution in [0.2, 0.25) is 0 Å². The first kappa shape index (κ1) is 18.5. The third-order valence-corrected chi connectivity index (χ3v) is 5.91. The topological polar surface area (TPSA) is 103 Å². The van der Waals surface area contributed by atoms with Gasteiger partial charge in [-0.05, 0) is 24.8 Å². The number of rotatable bonds is 7. The highest BCUT2D eigenvalue weighted by Gasteiger charge is 2.15. The van der Waals surface area contributed by atoms with E-state index in [0.29, 0.717) is 41.3 Å². The maximum atomic E-state index is 12.9. The van der Waals surface area contributed by atoms with Crippen molar-refractivity contribution in [3.63, 3.8) is 0 Å². The highest BCUT2D eigenvalue weighted by molar-refractivity contribution is 7.18. The summed E-state index contributed by atoms with van der Waals surface area (Å²) in [5, 5.41) is 11.0. The average molecular weight is 416 g/mol. The Labute approximate surface area is 167 Å². The van der Waals surface area contributed by atoms with Crippen molar-refractivity contribution < 1.29 is 9.32 Å². The van der Waals surface area contributed by atoms with Gasteiger partial charge in [-0.2, -0.15) is 4.98 Å². The van der Waals surface area contributed by atoms with Gasteiger partial charge in [0.25, 0.3) is 5.56 Å². The average Bonchev–Trinajstić information content (AvgIpc) is 3.41. The van der Waals surface area contributed by atoms with E-state index in [1.54, 1.807) is 18.3 Å². The Hall–Kier alpha value is -2.85.